The first-order valence-corrected chi connectivity index (χ1v) is 3.46. The standard InChI is InChI=1S/C8H9N3/c1-5-2-6(9)3-7-8(5)11-4-10-7/h2-4H,9H2,1H3,(H,10,11). The summed E-state index contributed by atoms with van der Waals surface area (Å²) in [6, 6.07) is 3.80. The highest BCUT2D eigenvalue weighted by molar-refractivity contribution is 5.81. The Kier molecular flexibility index (Phi) is 1.12. The fourth-order valence-corrected chi connectivity index (χ4v) is 1.26. The van der Waals surface area contributed by atoms with Crippen LogP contribution in [-0.2, 0) is 0 Å². The van der Waals surface area contributed by atoms with E-state index in [-0.39, 0.29) is 0 Å². The Morgan fingerprint density at radius 3 is 3.09 bits per heavy atom. The molecule has 3 heteroatoms. The van der Waals surface area contributed by atoms with Crippen molar-refractivity contribution in [1.29, 1.82) is 0 Å². The number of hydrogen-bond acceptors (Lipinski definition) is 2. The van der Waals surface area contributed by atoms with E-state index < -0.39 is 0 Å². The van der Waals surface area contributed by atoms with Gasteiger partial charge in [0.05, 0.1) is 17.4 Å². The Balaban J connectivity index is 2.91. The Morgan fingerprint density at radius 2 is 2.27 bits per heavy atom. The van der Waals surface area contributed by atoms with Gasteiger partial charge in [-0.15, -0.1) is 0 Å². The van der Waals surface area contributed by atoms with Gasteiger partial charge < -0.3 is 10.7 Å². The molecule has 11 heavy (non-hydrogen) atoms. The van der Waals surface area contributed by atoms with Gasteiger partial charge in [0.2, 0.25) is 0 Å². The van der Waals surface area contributed by atoms with E-state index in [0.29, 0.717) is 0 Å². The number of aryl methyl sites for hydroxylation is 1. The molecule has 0 atom stereocenters. The van der Waals surface area contributed by atoms with Crippen molar-refractivity contribution in [2.75, 3.05) is 5.73 Å². The molecule has 3 nitrogen and oxygen atoms in total. The first-order chi connectivity index (χ1) is 5.27. The molecule has 0 spiro atoms. The lowest BCUT2D eigenvalue weighted by Crippen LogP contribution is -1.86. The predicted molar refractivity (Wildman–Crippen MR) is 45.2 cm³/mol. The minimum absolute atomic E-state index is 0.777. The number of nitrogens with one attached hydrogen (secondary N) is 1. The molecule has 0 radical (unpaired) electrons. The molecule has 0 fully saturated rings. The van der Waals surface area contributed by atoms with Gasteiger partial charge in [-0.2, -0.15) is 0 Å². The van der Waals surface area contributed by atoms with Crippen LogP contribution in [0.4, 0.5) is 5.69 Å². The largest absolute Gasteiger partial charge is 0.399 e. The summed E-state index contributed by atoms with van der Waals surface area (Å²) in [5.74, 6) is 0. The molecule has 1 aromatic heterocycles. The molecule has 0 aliphatic heterocycles. The van der Waals surface area contributed by atoms with Gasteiger partial charge in [0.1, 0.15) is 0 Å². The molecule has 0 amide bonds. The minimum Gasteiger partial charge on any atom is -0.399 e. The van der Waals surface area contributed by atoms with E-state index in [1.807, 2.05) is 19.1 Å². The molecule has 0 aliphatic rings. The van der Waals surface area contributed by atoms with Gasteiger partial charge in [-0.1, -0.05) is 0 Å². The first kappa shape index (κ1) is 6.22. The van der Waals surface area contributed by atoms with Gasteiger partial charge in [0.15, 0.2) is 0 Å². The molecular weight excluding hydrogens is 138 g/mol. The summed E-state index contributed by atoms with van der Waals surface area (Å²) in [5, 5.41) is 0. The third kappa shape index (κ3) is 0.852. The molecule has 0 unspecified atom stereocenters. The number of nitrogens with two attached hydrogens (primary N) is 1. The van der Waals surface area contributed by atoms with Crippen molar-refractivity contribution in [3.63, 3.8) is 0 Å². The van der Waals surface area contributed by atoms with Gasteiger partial charge in [-0.05, 0) is 24.6 Å². The van der Waals surface area contributed by atoms with Crippen molar-refractivity contribution in [3.8, 4) is 0 Å². The van der Waals surface area contributed by atoms with Crippen LogP contribution >= 0.6 is 0 Å². The second-order valence-corrected chi connectivity index (χ2v) is 2.64. The summed E-state index contributed by atoms with van der Waals surface area (Å²) >= 11 is 0. The normalized spacial score (nSPS) is 10.6. The fourth-order valence-electron chi connectivity index (χ4n) is 1.26. The van der Waals surface area contributed by atoms with Gasteiger partial charge in [-0.3, -0.25) is 0 Å². The van der Waals surface area contributed by atoms with Crippen LogP contribution in [0, 0.1) is 6.92 Å². The third-order valence-electron chi connectivity index (χ3n) is 1.74. The SMILES string of the molecule is Cc1cc(N)cc2[nH]cnc12. The zero-order valence-electron chi connectivity index (χ0n) is 6.26. The Bertz CT molecular complexity index is 389. The summed E-state index contributed by atoms with van der Waals surface area (Å²) in [4.78, 5) is 7.16. The van der Waals surface area contributed by atoms with Gasteiger partial charge in [-0.25, -0.2) is 4.98 Å². The van der Waals surface area contributed by atoms with Crippen molar-refractivity contribution in [1.82, 2.24) is 9.97 Å². The topological polar surface area (TPSA) is 54.7 Å². The van der Waals surface area contributed by atoms with Crippen molar-refractivity contribution in [2.45, 2.75) is 6.92 Å². The van der Waals surface area contributed by atoms with Crippen molar-refractivity contribution in [2.24, 2.45) is 0 Å². The minimum atomic E-state index is 0.777. The van der Waals surface area contributed by atoms with Crippen LogP contribution in [-0.4, -0.2) is 9.97 Å². The summed E-state index contributed by atoms with van der Waals surface area (Å²) in [5.41, 5.74) is 9.53. The molecule has 0 saturated heterocycles. The monoisotopic (exact) mass is 147 g/mol. The molecule has 1 heterocycles. The second kappa shape index (κ2) is 1.99. The van der Waals surface area contributed by atoms with Crippen LogP contribution in [0.1, 0.15) is 5.56 Å². The highest BCUT2D eigenvalue weighted by Crippen LogP contribution is 2.17. The lowest BCUT2D eigenvalue weighted by atomic mass is 10.2. The predicted octanol–water partition coefficient (Wildman–Crippen LogP) is 1.45. The first-order valence-electron chi connectivity index (χ1n) is 3.46. The maximum absolute atomic E-state index is 5.64. The van der Waals surface area contributed by atoms with Crippen molar-refractivity contribution < 1.29 is 0 Å². The molecule has 0 saturated carbocycles. The summed E-state index contributed by atoms with van der Waals surface area (Å²) in [6.07, 6.45) is 1.68. The van der Waals surface area contributed by atoms with Crippen LogP contribution in [0.25, 0.3) is 11.0 Å². The lowest BCUT2D eigenvalue weighted by molar-refractivity contribution is 1.34. The second-order valence-electron chi connectivity index (χ2n) is 2.64. The number of hydrogen-bond donors (Lipinski definition) is 2. The number of aromatic amines is 1. The average Bonchev–Trinajstić information content (AvgIpc) is 2.34. The van der Waals surface area contributed by atoms with E-state index in [1.54, 1.807) is 6.33 Å². The maximum Gasteiger partial charge on any atom is 0.0932 e. The van der Waals surface area contributed by atoms with E-state index in [0.717, 1.165) is 22.3 Å². The number of rotatable bonds is 0. The molecule has 2 rings (SSSR count). The van der Waals surface area contributed by atoms with Crippen molar-refractivity contribution >= 4 is 16.7 Å². The number of fused-ring (bicyclic) bond motifs is 1. The Morgan fingerprint density at radius 1 is 1.45 bits per heavy atom. The number of H-pyrrole nitrogens is 1. The van der Waals surface area contributed by atoms with Gasteiger partial charge in [0.25, 0.3) is 0 Å². The quantitative estimate of drug-likeness (QED) is 0.554. The maximum atomic E-state index is 5.64. The van der Waals surface area contributed by atoms with Crippen LogP contribution in [0.2, 0.25) is 0 Å². The fraction of sp³-hybridized carbons (Fsp3) is 0.125. The number of nitrogens with zero attached hydrogens (tertiary/aromatic N) is 1. The molecule has 0 aliphatic carbocycles. The molecule has 0 bridgehead atoms. The summed E-state index contributed by atoms with van der Waals surface area (Å²) in [7, 11) is 0. The third-order valence-corrected chi connectivity index (χ3v) is 1.74. The Hall–Kier alpha value is -1.51. The summed E-state index contributed by atoms with van der Waals surface area (Å²) in [6.45, 7) is 2.00. The molecule has 1 aromatic carbocycles. The van der Waals surface area contributed by atoms with E-state index in [9.17, 15) is 0 Å². The highest BCUT2D eigenvalue weighted by Gasteiger charge is 1.99. The Labute approximate surface area is 64.2 Å². The van der Waals surface area contributed by atoms with Gasteiger partial charge in [0, 0.05) is 5.69 Å². The number of benzene rings is 1. The summed E-state index contributed by atoms with van der Waals surface area (Å²) < 4.78 is 0. The molecule has 3 N–H and O–H groups in total. The van der Waals surface area contributed by atoms with Crippen LogP contribution in [0.15, 0.2) is 18.5 Å². The van der Waals surface area contributed by atoms with Crippen molar-refractivity contribution in [3.05, 3.63) is 24.0 Å². The molecular formula is C8H9N3. The van der Waals surface area contributed by atoms with E-state index in [4.69, 9.17) is 5.73 Å². The van der Waals surface area contributed by atoms with E-state index in [2.05, 4.69) is 9.97 Å². The van der Waals surface area contributed by atoms with Crippen LogP contribution in [0.3, 0.4) is 0 Å². The number of aromatic nitrogens is 2. The molecule has 56 valence electrons. The van der Waals surface area contributed by atoms with E-state index in [1.165, 1.54) is 0 Å². The van der Waals surface area contributed by atoms with Gasteiger partial charge >= 0.3 is 0 Å². The van der Waals surface area contributed by atoms with Crippen LogP contribution < -0.4 is 5.73 Å². The lowest BCUT2D eigenvalue weighted by Gasteiger charge is -1.96. The zero-order valence-corrected chi connectivity index (χ0v) is 6.26. The highest BCUT2D eigenvalue weighted by atomic mass is 14.9. The van der Waals surface area contributed by atoms with E-state index >= 15 is 0 Å². The number of imidazole rings is 1. The van der Waals surface area contributed by atoms with Crippen LogP contribution in [0.5, 0.6) is 0 Å². The number of nitrogen functional groups attached to an aromatic ring is 1. The molecule has 2 aromatic rings. The zero-order chi connectivity index (χ0) is 7.84. The average molecular weight is 147 g/mol. The smallest absolute Gasteiger partial charge is 0.0932 e. The number of anilines is 1.